The van der Waals surface area contributed by atoms with Gasteiger partial charge in [-0.2, -0.15) is 0 Å². The van der Waals surface area contributed by atoms with E-state index in [1.54, 1.807) is 12.2 Å². The second-order valence-corrected chi connectivity index (χ2v) is 5.36. The Bertz CT molecular complexity index is 497. The molecular formula is C17H26N4O. The van der Waals surface area contributed by atoms with Gasteiger partial charge >= 0.3 is 0 Å². The number of amides is 1. The molecule has 1 aliphatic rings. The predicted octanol–water partition coefficient (Wildman–Crippen LogP) is 2.49. The van der Waals surface area contributed by atoms with Crippen molar-refractivity contribution in [1.29, 1.82) is 0 Å². The number of hydrogen-bond acceptors (Lipinski definition) is 4. The van der Waals surface area contributed by atoms with Crippen LogP contribution >= 0.6 is 0 Å². The Morgan fingerprint density at radius 1 is 1.18 bits per heavy atom. The summed E-state index contributed by atoms with van der Waals surface area (Å²) in [7, 11) is 0. The van der Waals surface area contributed by atoms with Crippen LogP contribution in [0, 0.1) is 5.92 Å². The molecule has 0 radical (unpaired) electrons. The van der Waals surface area contributed by atoms with E-state index in [1.165, 1.54) is 31.5 Å². The highest BCUT2D eigenvalue weighted by Gasteiger charge is 2.15. The van der Waals surface area contributed by atoms with E-state index in [0.29, 0.717) is 11.6 Å². The molecular weight excluding hydrogens is 276 g/mol. The van der Waals surface area contributed by atoms with Crippen molar-refractivity contribution in [2.24, 2.45) is 22.4 Å². The molecule has 0 aromatic carbocycles. The Morgan fingerprint density at radius 2 is 1.86 bits per heavy atom. The summed E-state index contributed by atoms with van der Waals surface area (Å²) in [5.74, 6) is 0.449. The summed E-state index contributed by atoms with van der Waals surface area (Å²) in [6.45, 7) is 7.08. The highest BCUT2D eigenvalue weighted by Crippen LogP contribution is 2.27. The molecule has 0 heterocycles. The first kappa shape index (κ1) is 17.8. The van der Waals surface area contributed by atoms with Crippen molar-refractivity contribution < 1.29 is 4.79 Å². The molecule has 0 aliphatic heterocycles. The zero-order chi connectivity index (χ0) is 16.4. The summed E-state index contributed by atoms with van der Waals surface area (Å²) in [6.07, 6.45) is 12.4. The van der Waals surface area contributed by atoms with Crippen molar-refractivity contribution in [3.63, 3.8) is 0 Å². The quantitative estimate of drug-likeness (QED) is 0.498. The molecule has 0 unspecified atom stereocenters. The van der Waals surface area contributed by atoms with Gasteiger partial charge in [-0.25, -0.2) is 0 Å². The monoisotopic (exact) mass is 302 g/mol. The lowest BCUT2D eigenvalue weighted by Crippen LogP contribution is -2.28. The number of nitrogens with two attached hydrogens (primary N) is 2. The molecule has 1 aliphatic carbocycles. The molecule has 0 spiro atoms. The lowest BCUT2D eigenvalue weighted by molar-refractivity contribution is -0.119. The van der Waals surface area contributed by atoms with Gasteiger partial charge in [-0.1, -0.05) is 32.4 Å². The smallest absolute Gasteiger partial charge is 0.231 e. The number of carbonyl (C=O) groups excluding carboxylic acids is 1. The SMILES string of the molecule is C=CN=C(C=C)CC(=O)N/C(N)=C/C=C(\N)C1CCCCC1. The lowest BCUT2D eigenvalue weighted by Gasteiger charge is -2.21. The third kappa shape index (κ3) is 6.43. The number of rotatable bonds is 7. The molecule has 1 fully saturated rings. The van der Waals surface area contributed by atoms with Gasteiger partial charge in [0.15, 0.2) is 0 Å². The van der Waals surface area contributed by atoms with Crippen molar-refractivity contribution in [3.05, 3.63) is 49.1 Å². The Balaban J connectivity index is 2.53. The standard InChI is InChI=1S/C17H26N4O/c1-3-14(20-4-2)12-17(22)21-16(19)11-10-15(18)13-8-6-5-7-9-13/h3-4,10-11,13H,1-2,5-9,12,18-19H2,(H,21,22)/b15-10-,16-11+,20-14?. The molecule has 0 saturated heterocycles. The Hall–Kier alpha value is -2.30. The molecule has 1 saturated carbocycles. The zero-order valence-corrected chi connectivity index (χ0v) is 13.1. The largest absolute Gasteiger partial charge is 0.402 e. The van der Waals surface area contributed by atoms with Gasteiger partial charge in [0, 0.05) is 17.6 Å². The second kappa shape index (κ2) is 9.60. The first-order valence-corrected chi connectivity index (χ1v) is 7.59. The lowest BCUT2D eigenvalue weighted by atomic mass is 9.87. The third-order valence-corrected chi connectivity index (χ3v) is 3.65. The predicted molar refractivity (Wildman–Crippen MR) is 91.7 cm³/mol. The Morgan fingerprint density at radius 3 is 2.45 bits per heavy atom. The minimum Gasteiger partial charge on any atom is -0.402 e. The van der Waals surface area contributed by atoms with Crippen LogP contribution in [0.15, 0.2) is 54.1 Å². The number of nitrogens with one attached hydrogen (secondary N) is 1. The third-order valence-electron chi connectivity index (χ3n) is 3.65. The highest BCUT2D eigenvalue weighted by molar-refractivity contribution is 6.07. The van der Waals surface area contributed by atoms with Gasteiger partial charge in [0.2, 0.25) is 5.91 Å². The molecule has 0 bridgehead atoms. The molecule has 0 aromatic heterocycles. The van der Waals surface area contributed by atoms with Crippen LogP contribution in [0.5, 0.6) is 0 Å². The number of allylic oxidation sites excluding steroid dienone is 4. The van der Waals surface area contributed by atoms with Gasteiger partial charge < -0.3 is 16.8 Å². The number of aliphatic imine (C=N–C) groups is 1. The van der Waals surface area contributed by atoms with Gasteiger partial charge in [0.1, 0.15) is 5.82 Å². The molecule has 5 N–H and O–H groups in total. The van der Waals surface area contributed by atoms with Crippen molar-refractivity contribution in [1.82, 2.24) is 5.32 Å². The Kier molecular flexibility index (Phi) is 7.75. The average Bonchev–Trinajstić information content (AvgIpc) is 2.52. The van der Waals surface area contributed by atoms with Crippen LogP contribution in [0.25, 0.3) is 0 Å². The summed E-state index contributed by atoms with van der Waals surface area (Å²) in [5, 5.41) is 2.60. The van der Waals surface area contributed by atoms with E-state index in [-0.39, 0.29) is 18.1 Å². The van der Waals surface area contributed by atoms with Crippen molar-refractivity contribution in [3.8, 4) is 0 Å². The topological polar surface area (TPSA) is 93.5 Å². The van der Waals surface area contributed by atoms with Crippen molar-refractivity contribution in [2.45, 2.75) is 38.5 Å². The maximum atomic E-state index is 11.8. The molecule has 5 heteroatoms. The summed E-state index contributed by atoms with van der Waals surface area (Å²) < 4.78 is 0. The summed E-state index contributed by atoms with van der Waals surface area (Å²) in [5.41, 5.74) is 13.2. The van der Waals surface area contributed by atoms with E-state index >= 15 is 0 Å². The fourth-order valence-corrected chi connectivity index (χ4v) is 2.46. The number of carbonyl (C=O) groups is 1. The second-order valence-electron chi connectivity index (χ2n) is 5.36. The molecule has 5 nitrogen and oxygen atoms in total. The average molecular weight is 302 g/mol. The van der Waals surface area contributed by atoms with E-state index in [1.807, 2.05) is 0 Å². The number of hydrogen-bond donors (Lipinski definition) is 3. The van der Waals surface area contributed by atoms with E-state index in [0.717, 1.165) is 18.5 Å². The van der Waals surface area contributed by atoms with Gasteiger partial charge in [0.05, 0.1) is 6.42 Å². The molecule has 0 atom stereocenters. The summed E-state index contributed by atoms with van der Waals surface area (Å²) in [6, 6.07) is 0. The van der Waals surface area contributed by atoms with E-state index in [2.05, 4.69) is 23.5 Å². The summed E-state index contributed by atoms with van der Waals surface area (Å²) >= 11 is 0. The molecule has 1 amide bonds. The fraction of sp³-hybridized carbons (Fsp3) is 0.412. The van der Waals surface area contributed by atoms with Crippen LogP contribution in [-0.4, -0.2) is 11.6 Å². The maximum absolute atomic E-state index is 11.8. The van der Waals surface area contributed by atoms with E-state index in [4.69, 9.17) is 11.5 Å². The summed E-state index contributed by atoms with van der Waals surface area (Å²) in [4.78, 5) is 15.7. The van der Waals surface area contributed by atoms with Crippen LogP contribution in [0.4, 0.5) is 0 Å². The van der Waals surface area contributed by atoms with Gasteiger partial charge in [-0.3, -0.25) is 9.79 Å². The first-order chi connectivity index (χ1) is 10.6. The minimum atomic E-state index is -0.251. The maximum Gasteiger partial charge on any atom is 0.231 e. The van der Waals surface area contributed by atoms with Crippen molar-refractivity contribution >= 4 is 11.6 Å². The van der Waals surface area contributed by atoms with Crippen LogP contribution in [0.1, 0.15) is 38.5 Å². The molecule has 120 valence electrons. The molecule has 22 heavy (non-hydrogen) atoms. The van der Waals surface area contributed by atoms with Gasteiger partial charge in [0.25, 0.3) is 0 Å². The Labute approximate surface area is 132 Å². The van der Waals surface area contributed by atoms with E-state index < -0.39 is 0 Å². The number of nitrogens with zero attached hydrogens (tertiary/aromatic N) is 1. The first-order valence-electron chi connectivity index (χ1n) is 7.59. The fourth-order valence-electron chi connectivity index (χ4n) is 2.46. The molecule has 1 rings (SSSR count). The van der Waals surface area contributed by atoms with E-state index in [9.17, 15) is 4.79 Å². The normalized spacial score (nSPS) is 17.9. The molecule has 0 aromatic rings. The van der Waals surface area contributed by atoms with Crippen LogP contribution in [0.3, 0.4) is 0 Å². The van der Waals surface area contributed by atoms with Crippen LogP contribution in [0.2, 0.25) is 0 Å². The minimum absolute atomic E-state index is 0.103. The van der Waals surface area contributed by atoms with Gasteiger partial charge in [-0.15, -0.1) is 0 Å². The van der Waals surface area contributed by atoms with Gasteiger partial charge in [-0.05, 0) is 37.0 Å². The van der Waals surface area contributed by atoms with Crippen LogP contribution in [-0.2, 0) is 4.79 Å². The van der Waals surface area contributed by atoms with Crippen molar-refractivity contribution in [2.75, 3.05) is 0 Å². The zero-order valence-electron chi connectivity index (χ0n) is 13.1. The van der Waals surface area contributed by atoms with Crippen LogP contribution < -0.4 is 16.8 Å². The highest BCUT2D eigenvalue weighted by atomic mass is 16.1.